The van der Waals surface area contributed by atoms with Crippen LogP contribution in [0.5, 0.6) is 0 Å². The Labute approximate surface area is 113 Å². The Hall–Kier alpha value is -0.120. The van der Waals surface area contributed by atoms with Gasteiger partial charge in [-0.15, -0.1) is 0 Å². The summed E-state index contributed by atoms with van der Waals surface area (Å²) in [6.45, 7) is 8.64. The van der Waals surface area contributed by atoms with E-state index in [0.717, 1.165) is 25.1 Å². The van der Waals surface area contributed by atoms with Gasteiger partial charge < -0.3 is 10.1 Å². The summed E-state index contributed by atoms with van der Waals surface area (Å²) in [5, 5.41) is 3.54. The smallest absolute Gasteiger partial charge is 0.0630 e. The van der Waals surface area contributed by atoms with Crippen LogP contribution >= 0.6 is 0 Å². The summed E-state index contributed by atoms with van der Waals surface area (Å²) in [5.41, 5.74) is 0. The molecule has 1 aliphatic rings. The van der Waals surface area contributed by atoms with Crippen molar-refractivity contribution in [1.82, 2.24) is 10.2 Å². The van der Waals surface area contributed by atoms with Gasteiger partial charge in [0.25, 0.3) is 0 Å². The zero-order valence-corrected chi connectivity index (χ0v) is 12.9. The lowest BCUT2D eigenvalue weighted by molar-refractivity contribution is 0.0457. The third-order valence-electron chi connectivity index (χ3n) is 4.29. The van der Waals surface area contributed by atoms with E-state index in [-0.39, 0.29) is 0 Å². The van der Waals surface area contributed by atoms with Crippen LogP contribution in [0.3, 0.4) is 0 Å². The molecule has 0 heterocycles. The van der Waals surface area contributed by atoms with Crippen molar-refractivity contribution >= 4 is 0 Å². The Balaban J connectivity index is 2.53. The van der Waals surface area contributed by atoms with Crippen LogP contribution in [0.2, 0.25) is 0 Å². The Morgan fingerprint density at radius 3 is 2.50 bits per heavy atom. The summed E-state index contributed by atoms with van der Waals surface area (Å²) >= 11 is 0. The minimum atomic E-state index is 0.489. The van der Waals surface area contributed by atoms with Crippen LogP contribution < -0.4 is 5.32 Å². The van der Waals surface area contributed by atoms with Gasteiger partial charge in [0.15, 0.2) is 0 Å². The van der Waals surface area contributed by atoms with E-state index in [4.69, 9.17) is 4.74 Å². The predicted octanol–water partition coefficient (Wildman–Crippen LogP) is 2.51. The number of methoxy groups -OCH3 is 1. The van der Waals surface area contributed by atoms with Crippen molar-refractivity contribution in [3.63, 3.8) is 0 Å². The fourth-order valence-electron chi connectivity index (χ4n) is 3.06. The number of hydrogen-bond donors (Lipinski definition) is 1. The SMILES string of the molecule is COCC(CNC(C)C)N(C)C1CCCCC1C. The molecule has 0 aromatic carbocycles. The molecule has 0 aromatic rings. The highest BCUT2D eigenvalue weighted by Crippen LogP contribution is 2.28. The molecule has 0 aromatic heterocycles. The van der Waals surface area contributed by atoms with Gasteiger partial charge in [0, 0.05) is 31.8 Å². The van der Waals surface area contributed by atoms with E-state index < -0.39 is 0 Å². The van der Waals surface area contributed by atoms with Crippen molar-refractivity contribution in [3.8, 4) is 0 Å². The zero-order valence-electron chi connectivity index (χ0n) is 12.9. The van der Waals surface area contributed by atoms with Crippen molar-refractivity contribution in [2.75, 3.05) is 27.3 Å². The Kier molecular flexibility index (Phi) is 7.20. The first kappa shape index (κ1) is 15.9. The highest BCUT2D eigenvalue weighted by molar-refractivity contribution is 4.84. The van der Waals surface area contributed by atoms with Crippen LogP contribution in [0, 0.1) is 5.92 Å². The summed E-state index contributed by atoms with van der Waals surface area (Å²) in [6, 6.07) is 1.76. The van der Waals surface area contributed by atoms with Crippen LogP contribution in [-0.4, -0.2) is 50.3 Å². The first-order chi connectivity index (χ1) is 8.56. The molecule has 1 rings (SSSR count). The quantitative estimate of drug-likeness (QED) is 0.757. The number of hydrogen-bond acceptors (Lipinski definition) is 3. The fraction of sp³-hybridized carbons (Fsp3) is 1.00. The topological polar surface area (TPSA) is 24.5 Å². The number of nitrogens with zero attached hydrogens (tertiary/aromatic N) is 1. The molecule has 3 nitrogen and oxygen atoms in total. The minimum Gasteiger partial charge on any atom is -0.383 e. The van der Waals surface area contributed by atoms with Crippen molar-refractivity contribution in [2.24, 2.45) is 5.92 Å². The molecule has 3 heteroatoms. The number of rotatable bonds is 7. The van der Waals surface area contributed by atoms with Crippen LogP contribution in [0.1, 0.15) is 46.5 Å². The van der Waals surface area contributed by atoms with Gasteiger partial charge in [0.1, 0.15) is 0 Å². The molecule has 1 aliphatic carbocycles. The number of likely N-dealkylation sites (N-methyl/N-ethyl adjacent to an activating group) is 1. The zero-order chi connectivity index (χ0) is 13.5. The van der Waals surface area contributed by atoms with E-state index >= 15 is 0 Å². The minimum absolute atomic E-state index is 0.489. The molecule has 3 atom stereocenters. The third-order valence-corrected chi connectivity index (χ3v) is 4.29. The molecule has 0 amide bonds. The van der Waals surface area contributed by atoms with Crippen LogP contribution in [0.25, 0.3) is 0 Å². The van der Waals surface area contributed by atoms with Crippen molar-refractivity contribution in [3.05, 3.63) is 0 Å². The molecular formula is C15H32N2O. The molecule has 1 N–H and O–H groups in total. The van der Waals surface area contributed by atoms with Gasteiger partial charge in [0.05, 0.1) is 6.61 Å². The summed E-state index contributed by atoms with van der Waals surface area (Å²) in [7, 11) is 4.08. The van der Waals surface area contributed by atoms with Crippen molar-refractivity contribution < 1.29 is 4.74 Å². The molecule has 0 radical (unpaired) electrons. The van der Waals surface area contributed by atoms with Crippen molar-refractivity contribution in [1.29, 1.82) is 0 Å². The maximum Gasteiger partial charge on any atom is 0.0630 e. The van der Waals surface area contributed by atoms with Gasteiger partial charge in [-0.2, -0.15) is 0 Å². The highest BCUT2D eigenvalue weighted by atomic mass is 16.5. The first-order valence-corrected chi connectivity index (χ1v) is 7.50. The van der Waals surface area contributed by atoms with E-state index in [0.29, 0.717) is 12.1 Å². The van der Waals surface area contributed by atoms with Crippen LogP contribution in [0.15, 0.2) is 0 Å². The molecular weight excluding hydrogens is 224 g/mol. The van der Waals surface area contributed by atoms with Gasteiger partial charge in [0.2, 0.25) is 0 Å². The predicted molar refractivity (Wildman–Crippen MR) is 78.0 cm³/mol. The molecule has 1 fully saturated rings. The van der Waals surface area contributed by atoms with Gasteiger partial charge in [-0.25, -0.2) is 0 Å². The Morgan fingerprint density at radius 2 is 1.94 bits per heavy atom. The third kappa shape index (κ3) is 4.87. The standard InChI is InChI=1S/C15H32N2O/c1-12(2)16-10-14(11-18-5)17(4)15-9-7-6-8-13(15)3/h12-16H,6-11H2,1-5H3. The van der Waals surface area contributed by atoms with E-state index in [1.165, 1.54) is 25.7 Å². The van der Waals surface area contributed by atoms with Crippen LogP contribution in [0.4, 0.5) is 0 Å². The van der Waals surface area contributed by atoms with Gasteiger partial charge in [-0.05, 0) is 25.8 Å². The molecule has 0 spiro atoms. The lowest BCUT2D eigenvalue weighted by Gasteiger charge is -2.41. The van der Waals surface area contributed by atoms with E-state index in [1.807, 2.05) is 0 Å². The van der Waals surface area contributed by atoms with E-state index in [2.05, 4.69) is 38.0 Å². The molecule has 3 unspecified atom stereocenters. The summed E-state index contributed by atoms with van der Waals surface area (Å²) in [4.78, 5) is 2.56. The van der Waals surface area contributed by atoms with Gasteiger partial charge in [-0.3, -0.25) is 4.90 Å². The lowest BCUT2D eigenvalue weighted by atomic mass is 9.84. The second kappa shape index (κ2) is 8.13. The average molecular weight is 256 g/mol. The lowest BCUT2D eigenvalue weighted by Crippen LogP contribution is -2.51. The second-order valence-corrected chi connectivity index (χ2v) is 6.17. The maximum absolute atomic E-state index is 5.40. The Morgan fingerprint density at radius 1 is 1.28 bits per heavy atom. The highest BCUT2D eigenvalue weighted by Gasteiger charge is 2.29. The normalized spacial score (nSPS) is 26.8. The average Bonchev–Trinajstić information content (AvgIpc) is 2.34. The van der Waals surface area contributed by atoms with E-state index in [1.54, 1.807) is 7.11 Å². The largest absolute Gasteiger partial charge is 0.383 e. The maximum atomic E-state index is 5.40. The van der Waals surface area contributed by atoms with Gasteiger partial charge >= 0.3 is 0 Å². The number of nitrogens with one attached hydrogen (secondary N) is 1. The molecule has 0 bridgehead atoms. The molecule has 1 saturated carbocycles. The molecule has 0 saturated heterocycles. The Bertz CT molecular complexity index is 221. The van der Waals surface area contributed by atoms with Crippen LogP contribution in [-0.2, 0) is 4.74 Å². The fourth-order valence-corrected chi connectivity index (χ4v) is 3.06. The summed E-state index contributed by atoms with van der Waals surface area (Å²) in [6.07, 6.45) is 5.52. The van der Waals surface area contributed by atoms with Gasteiger partial charge in [-0.1, -0.05) is 33.6 Å². The molecule has 18 heavy (non-hydrogen) atoms. The number of ether oxygens (including phenoxy) is 1. The molecule has 0 aliphatic heterocycles. The first-order valence-electron chi connectivity index (χ1n) is 7.50. The monoisotopic (exact) mass is 256 g/mol. The summed E-state index contributed by atoms with van der Waals surface area (Å²) < 4.78 is 5.40. The molecule has 108 valence electrons. The van der Waals surface area contributed by atoms with E-state index in [9.17, 15) is 0 Å². The summed E-state index contributed by atoms with van der Waals surface area (Å²) in [5.74, 6) is 0.821. The second-order valence-electron chi connectivity index (χ2n) is 6.17. The van der Waals surface area contributed by atoms with Crippen molar-refractivity contribution in [2.45, 2.75) is 64.6 Å².